The molecule has 3 heterocycles. The van der Waals surface area contributed by atoms with Crippen molar-refractivity contribution in [1.82, 2.24) is 0 Å². The molecule has 2 bridgehead atoms. The standard InChI is InChI=1S/C27H32N4O3/c1-2-3-4-5-6-9-16-32-21-13-11-20(12-14-21)23-26(19-30)24(31)34-27(33-23)15-8-7-10-22(27)25(26,17-28)18-29/h11-14,22-23,31H,2-10,15-16H2,1H3/t22-,23+,26-,27-/m1/s1. The highest BCUT2D eigenvalue weighted by Crippen LogP contribution is 2.69. The summed E-state index contributed by atoms with van der Waals surface area (Å²) < 4.78 is 18.2. The van der Waals surface area contributed by atoms with Crippen LogP contribution in [0.5, 0.6) is 5.75 Å². The maximum atomic E-state index is 10.4. The lowest BCUT2D eigenvalue weighted by molar-refractivity contribution is -0.360. The average molecular weight is 461 g/mol. The van der Waals surface area contributed by atoms with Crippen LogP contribution in [-0.2, 0) is 9.47 Å². The second-order valence-corrected chi connectivity index (χ2v) is 9.68. The number of nitrogens with zero attached hydrogens (tertiary/aromatic N) is 3. The molecule has 1 N–H and O–H groups in total. The Morgan fingerprint density at radius 3 is 2.38 bits per heavy atom. The van der Waals surface area contributed by atoms with Crippen LogP contribution < -0.4 is 4.74 Å². The summed E-state index contributed by atoms with van der Waals surface area (Å²) in [6.07, 6.45) is 8.88. The van der Waals surface area contributed by atoms with Gasteiger partial charge in [0.05, 0.1) is 30.7 Å². The maximum absolute atomic E-state index is 10.4. The molecule has 1 aromatic carbocycles. The SMILES string of the molecule is CCCCCCCCOc1ccc([C@@H]2O[C@@]34CCCC[C@@H]3C(C#N)(C#N)[C@@]2(C#N)C(=N)O4)cc1. The Bertz CT molecular complexity index is 1020. The molecule has 178 valence electrons. The minimum atomic E-state index is -1.83. The van der Waals surface area contributed by atoms with Gasteiger partial charge in [-0.3, -0.25) is 5.41 Å². The third-order valence-corrected chi connectivity index (χ3v) is 7.77. The van der Waals surface area contributed by atoms with Crippen molar-refractivity contribution < 1.29 is 14.2 Å². The van der Waals surface area contributed by atoms with Crippen molar-refractivity contribution in [2.45, 2.75) is 83.0 Å². The van der Waals surface area contributed by atoms with E-state index in [0.717, 1.165) is 31.4 Å². The van der Waals surface area contributed by atoms with Crippen LogP contribution in [-0.4, -0.2) is 18.3 Å². The third kappa shape index (κ3) is 3.53. The van der Waals surface area contributed by atoms with Crippen LogP contribution in [0.15, 0.2) is 24.3 Å². The van der Waals surface area contributed by atoms with Gasteiger partial charge in [-0.25, -0.2) is 0 Å². The molecule has 0 unspecified atom stereocenters. The van der Waals surface area contributed by atoms with Crippen molar-refractivity contribution in [3.63, 3.8) is 0 Å². The Morgan fingerprint density at radius 2 is 1.71 bits per heavy atom. The van der Waals surface area contributed by atoms with Crippen molar-refractivity contribution >= 4 is 5.90 Å². The van der Waals surface area contributed by atoms with E-state index < -0.39 is 28.6 Å². The van der Waals surface area contributed by atoms with Gasteiger partial charge in [-0.1, -0.05) is 57.6 Å². The van der Waals surface area contributed by atoms with E-state index in [0.29, 0.717) is 25.0 Å². The minimum Gasteiger partial charge on any atom is -0.494 e. The summed E-state index contributed by atoms with van der Waals surface area (Å²) in [6.45, 7) is 2.85. The summed E-state index contributed by atoms with van der Waals surface area (Å²) in [5, 5.41) is 39.5. The van der Waals surface area contributed by atoms with Crippen LogP contribution in [0.3, 0.4) is 0 Å². The Hall–Kier alpha value is -3.08. The molecular formula is C27H32N4O3. The van der Waals surface area contributed by atoms with Crippen LogP contribution in [0.2, 0.25) is 0 Å². The molecule has 7 heteroatoms. The monoisotopic (exact) mass is 460 g/mol. The van der Waals surface area contributed by atoms with Gasteiger partial charge in [0.1, 0.15) is 11.9 Å². The van der Waals surface area contributed by atoms with Gasteiger partial charge >= 0.3 is 0 Å². The van der Waals surface area contributed by atoms with Gasteiger partial charge in [-0.2, -0.15) is 15.8 Å². The molecule has 1 aromatic rings. The molecule has 4 atom stereocenters. The first-order chi connectivity index (χ1) is 16.5. The summed E-state index contributed by atoms with van der Waals surface area (Å²) in [4.78, 5) is 0. The Balaban J connectivity index is 1.56. The molecule has 0 aromatic heterocycles. The molecule has 3 aliphatic heterocycles. The lowest BCUT2D eigenvalue weighted by Crippen LogP contribution is -2.73. The number of rotatable bonds is 9. The number of benzene rings is 1. The summed E-state index contributed by atoms with van der Waals surface area (Å²) in [6, 6.07) is 13.8. The first-order valence-electron chi connectivity index (χ1n) is 12.5. The number of ether oxygens (including phenoxy) is 3. The predicted octanol–water partition coefficient (Wildman–Crippen LogP) is 5.93. The zero-order chi connectivity index (χ0) is 24.2. The minimum absolute atomic E-state index is 0.337. The molecule has 7 nitrogen and oxygen atoms in total. The van der Waals surface area contributed by atoms with Gasteiger partial charge in [0.25, 0.3) is 0 Å². The second kappa shape index (κ2) is 9.65. The molecule has 3 saturated heterocycles. The molecule has 4 aliphatic rings. The van der Waals surface area contributed by atoms with E-state index in [2.05, 4.69) is 25.1 Å². The van der Waals surface area contributed by atoms with Gasteiger partial charge in [0, 0.05) is 6.42 Å². The lowest BCUT2D eigenvalue weighted by Gasteiger charge is -2.63. The highest BCUT2D eigenvalue weighted by Gasteiger charge is 2.80. The number of hydrogen-bond acceptors (Lipinski definition) is 7. The van der Waals surface area contributed by atoms with E-state index in [-0.39, 0.29) is 5.90 Å². The molecular weight excluding hydrogens is 428 g/mol. The normalized spacial score (nSPS) is 30.8. The molecule has 1 spiro atoms. The van der Waals surface area contributed by atoms with E-state index in [1.165, 1.54) is 25.7 Å². The van der Waals surface area contributed by atoms with Crippen LogP contribution in [0.25, 0.3) is 0 Å². The maximum Gasteiger partial charge on any atom is 0.218 e. The van der Waals surface area contributed by atoms with E-state index in [9.17, 15) is 15.8 Å². The molecule has 0 amide bonds. The van der Waals surface area contributed by atoms with Gasteiger partial charge in [0.15, 0.2) is 10.8 Å². The summed E-state index contributed by atoms with van der Waals surface area (Å²) in [7, 11) is 0. The number of nitrogens with one attached hydrogen (secondary N) is 1. The van der Waals surface area contributed by atoms with Crippen molar-refractivity contribution in [1.29, 1.82) is 21.2 Å². The Labute approximate surface area is 201 Å². The number of fused-ring (bicyclic) bond motifs is 2. The van der Waals surface area contributed by atoms with Crippen molar-refractivity contribution in [2.24, 2.45) is 16.7 Å². The van der Waals surface area contributed by atoms with E-state index >= 15 is 0 Å². The summed E-state index contributed by atoms with van der Waals surface area (Å²) in [5.74, 6) is -1.42. The van der Waals surface area contributed by atoms with E-state index in [4.69, 9.17) is 19.6 Å². The molecule has 4 fully saturated rings. The first-order valence-corrected chi connectivity index (χ1v) is 12.5. The van der Waals surface area contributed by atoms with Gasteiger partial charge < -0.3 is 14.2 Å². The smallest absolute Gasteiger partial charge is 0.218 e. The van der Waals surface area contributed by atoms with Gasteiger partial charge in [-0.05, 0) is 37.0 Å². The van der Waals surface area contributed by atoms with Crippen molar-refractivity contribution in [2.75, 3.05) is 6.61 Å². The zero-order valence-corrected chi connectivity index (χ0v) is 19.8. The number of unbranched alkanes of at least 4 members (excludes halogenated alkanes) is 5. The van der Waals surface area contributed by atoms with Crippen molar-refractivity contribution in [3.8, 4) is 24.0 Å². The highest BCUT2D eigenvalue weighted by molar-refractivity contribution is 5.89. The zero-order valence-electron chi connectivity index (χ0n) is 19.8. The van der Waals surface area contributed by atoms with Gasteiger partial charge in [0.2, 0.25) is 11.7 Å². The molecule has 5 rings (SSSR count). The van der Waals surface area contributed by atoms with Crippen LogP contribution in [0, 0.1) is 56.2 Å². The van der Waals surface area contributed by atoms with E-state index in [1.54, 1.807) is 0 Å². The topological polar surface area (TPSA) is 123 Å². The Kier molecular flexibility index (Phi) is 6.83. The van der Waals surface area contributed by atoms with Crippen LogP contribution in [0.1, 0.15) is 82.8 Å². The molecule has 1 saturated carbocycles. The fourth-order valence-corrected chi connectivity index (χ4v) is 5.95. The third-order valence-electron chi connectivity index (χ3n) is 7.77. The van der Waals surface area contributed by atoms with Crippen LogP contribution >= 0.6 is 0 Å². The quantitative estimate of drug-likeness (QED) is 0.455. The molecule has 1 aliphatic carbocycles. The lowest BCUT2D eigenvalue weighted by atomic mass is 9.48. The second-order valence-electron chi connectivity index (χ2n) is 9.68. The Morgan fingerprint density at radius 1 is 1.00 bits per heavy atom. The fraction of sp³-hybridized carbons (Fsp3) is 0.630. The largest absolute Gasteiger partial charge is 0.494 e. The number of nitriles is 3. The van der Waals surface area contributed by atoms with Crippen molar-refractivity contribution in [3.05, 3.63) is 29.8 Å². The average Bonchev–Trinajstić information content (AvgIpc) is 2.87. The predicted molar refractivity (Wildman–Crippen MR) is 124 cm³/mol. The number of hydrogen-bond donors (Lipinski definition) is 1. The molecule has 34 heavy (non-hydrogen) atoms. The summed E-state index contributed by atoms with van der Waals surface area (Å²) >= 11 is 0. The fourth-order valence-electron chi connectivity index (χ4n) is 5.95. The van der Waals surface area contributed by atoms with E-state index in [1.807, 2.05) is 24.3 Å². The first kappa shape index (κ1) is 24.1. The van der Waals surface area contributed by atoms with Crippen LogP contribution in [0.4, 0.5) is 0 Å². The highest BCUT2D eigenvalue weighted by atomic mass is 16.7. The molecule has 0 radical (unpaired) electrons. The van der Waals surface area contributed by atoms with Gasteiger partial charge in [-0.15, -0.1) is 0 Å². The summed E-state index contributed by atoms with van der Waals surface area (Å²) in [5.41, 5.74) is -2.91.